The van der Waals surface area contributed by atoms with Crippen LogP contribution in [0.5, 0.6) is 0 Å². The second kappa shape index (κ2) is 3.04. The van der Waals surface area contributed by atoms with Gasteiger partial charge in [-0.05, 0) is 36.1 Å². The van der Waals surface area contributed by atoms with E-state index in [2.05, 4.69) is 0 Å². The van der Waals surface area contributed by atoms with Crippen LogP contribution in [0.25, 0.3) is 0 Å². The Hall–Kier alpha value is -1.02. The zero-order valence-corrected chi connectivity index (χ0v) is 7.84. The van der Waals surface area contributed by atoms with E-state index in [0.717, 1.165) is 18.4 Å². The highest BCUT2D eigenvalue weighted by Gasteiger charge is 2.26. The zero-order valence-electron chi connectivity index (χ0n) is 7.09. The van der Waals surface area contributed by atoms with Crippen molar-refractivity contribution in [3.8, 4) is 0 Å². The third-order valence-electron chi connectivity index (χ3n) is 2.53. The van der Waals surface area contributed by atoms with Crippen LogP contribution in [0.3, 0.4) is 0 Å². The summed E-state index contributed by atoms with van der Waals surface area (Å²) < 4.78 is 0. The van der Waals surface area contributed by atoms with Crippen molar-refractivity contribution < 1.29 is 4.79 Å². The third kappa shape index (κ3) is 1.42. The van der Waals surface area contributed by atoms with Gasteiger partial charge in [0.15, 0.2) is 0 Å². The number of aryl methyl sites for hydroxylation is 1. The Bertz CT molecular complexity index is 362. The Labute approximate surface area is 81.7 Å². The van der Waals surface area contributed by atoms with Crippen LogP contribution in [0.4, 0.5) is 0 Å². The smallest absolute Gasteiger partial charge is 0.224 e. The Morgan fingerprint density at radius 1 is 1.54 bits per heavy atom. The van der Waals surface area contributed by atoms with Gasteiger partial charge in [-0.3, -0.25) is 4.79 Å². The van der Waals surface area contributed by atoms with E-state index >= 15 is 0 Å². The highest BCUT2D eigenvalue weighted by molar-refractivity contribution is 6.30. The number of benzene rings is 1. The molecule has 1 unspecified atom stereocenters. The quantitative estimate of drug-likeness (QED) is 0.730. The van der Waals surface area contributed by atoms with E-state index in [1.165, 1.54) is 5.56 Å². The van der Waals surface area contributed by atoms with Crippen LogP contribution in [0, 0.1) is 0 Å². The maximum atomic E-state index is 11.1. The minimum atomic E-state index is -0.249. The number of primary amides is 1. The standard InChI is InChI=1S/C10H10ClNO/c11-7-3-1-6-2-4-8(10(12)13)9(6)5-7/h1,3,5,8H,2,4H2,(H2,12,13). The largest absolute Gasteiger partial charge is 0.369 e. The van der Waals surface area contributed by atoms with Crippen molar-refractivity contribution in [2.24, 2.45) is 5.73 Å². The summed E-state index contributed by atoms with van der Waals surface area (Å²) in [5.74, 6) is -0.380. The summed E-state index contributed by atoms with van der Waals surface area (Å²) in [6, 6.07) is 5.67. The Balaban J connectivity index is 2.46. The molecule has 0 aliphatic heterocycles. The van der Waals surface area contributed by atoms with Gasteiger partial charge in [0.2, 0.25) is 5.91 Å². The molecule has 0 heterocycles. The molecule has 3 heteroatoms. The lowest BCUT2D eigenvalue weighted by Crippen LogP contribution is -2.19. The van der Waals surface area contributed by atoms with Gasteiger partial charge in [-0.1, -0.05) is 17.7 Å². The molecule has 13 heavy (non-hydrogen) atoms. The summed E-state index contributed by atoms with van der Waals surface area (Å²) in [5.41, 5.74) is 7.50. The molecule has 0 aromatic heterocycles. The summed E-state index contributed by atoms with van der Waals surface area (Å²) in [6.07, 6.45) is 1.76. The van der Waals surface area contributed by atoms with Gasteiger partial charge in [0.25, 0.3) is 0 Å². The molecule has 0 saturated carbocycles. The number of fused-ring (bicyclic) bond motifs is 1. The lowest BCUT2D eigenvalue weighted by atomic mass is 10.0. The minimum Gasteiger partial charge on any atom is -0.369 e. The van der Waals surface area contributed by atoms with Crippen molar-refractivity contribution in [3.05, 3.63) is 34.3 Å². The highest BCUT2D eigenvalue weighted by Crippen LogP contribution is 2.34. The van der Waals surface area contributed by atoms with Gasteiger partial charge in [-0.2, -0.15) is 0 Å². The van der Waals surface area contributed by atoms with Crippen LogP contribution in [0.2, 0.25) is 5.02 Å². The molecule has 2 nitrogen and oxygen atoms in total. The molecule has 1 aliphatic rings. The molecule has 1 aliphatic carbocycles. The third-order valence-corrected chi connectivity index (χ3v) is 2.76. The number of carbonyl (C=O) groups is 1. The predicted octanol–water partition coefficient (Wildman–Crippen LogP) is 1.86. The molecule has 1 aromatic carbocycles. The molecule has 2 rings (SSSR count). The minimum absolute atomic E-state index is 0.131. The zero-order chi connectivity index (χ0) is 9.42. The SMILES string of the molecule is NC(=O)C1CCc2ccc(Cl)cc21. The molecule has 0 radical (unpaired) electrons. The van der Waals surface area contributed by atoms with Crippen LogP contribution in [-0.4, -0.2) is 5.91 Å². The molecule has 0 bridgehead atoms. The van der Waals surface area contributed by atoms with Gasteiger partial charge in [0.1, 0.15) is 0 Å². The topological polar surface area (TPSA) is 43.1 Å². The van der Waals surface area contributed by atoms with E-state index in [-0.39, 0.29) is 11.8 Å². The van der Waals surface area contributed by atoms with Gasteiger partial charge < -0.3 is 5.73 Å². The van der Waals surface area contributed by atoms with Gasteiger partial charge in [0, 0.05) is 5.02 Å². The number of rotatable bonds is 1. The van der Waals surface area contributed by atoms with Crippen LogP contribution in [0.1, 0.15) is 23.5 Å². The summed E-state index contributed by atoms with van der Waals surface area (Å²) in [4.78, 5) is 11.1. The fourth-order valence-electron chi connectivity index (χ4n) is 1.87. The van der Waals surface area contributed by atoms with Crippen LogP contribution >= 0.6 is 11.6 Å². The fourth-order valence-corrected chi connectivity index (χ4v) is 2.05. The van der Waals surface area contributed by atoms with E-state index in [9.17, 15) is 4.79 Å². The Kier molecular flexibility index (Phi) is 2.00. The second-order valence-corrected chi connectivity index (χ2v) is 3.77. The molecule has 1 amide bonds. The number of hydrogen-bond acceptors (Lipinski definition) is 1. The Morgan fingerprint density at radius 2 is 2.31 bits per heavy atom. The first-order valence-corrected chi connectivity index (χ1v) is 4.64. The van der Waals surface area contributed by atoms with Crippen LogP contribution in [-0.2, 0) is 11.2 Å². The molecule has 0 saturated heterocycles. The molecular formula is C10H10ClNO. The molecular weight excluding hydrogens is 186 g/mol. The van der Waals surface area contributed by atoms with Crippen LogP contribution < -0.4 is 5.73 Å². The van der Waals surface area contributed by atoms with E-state index in [0.29, 0.717) is 5.02 Å². The van der Waals surface area contributed by atoms with E-state index < -0.39 is 0 Å². The maximum absolute atomic E-state index is 11.1. The molecule has 68 valence electrons. The normalized spacial score (nSPS) is 19.9. The van der Waals surface area contributed by atoms with E-state index in [1.54, 1.807) is 0 Å². The lowest BCUT2D eigenvalue weighted by Gasteiger charge is -2.06. The molecule has 1 aromatic rings. The summed E-state index contributed by atoms with van der Waals surface area (Å²) in [6.45, 7) is 0. The first-order valence-electron chi connectivity index (χ1n) is 4.26. The van der Waals surface area contributed by atoms with Crippen LogP contribution in [0.15, 0.2) is 18.2 Å². The Morgan fingerprint density at radius 3 is 3.00 bits per heavy atom. The predicted molar refractivity (Wildman–Crippen MR) is 51.7 cm³/mol. The van der Waals surface area contributed by atoms with E-state index in [1.807, 2.05) is 18.2 Å². The highest BCUT2D eigenvalue weighted by atomic mass is 35.5. The van der Waals surface area contributed by atoms with Crippen molar-refractivity contribution in [3.63, 3.8) is 0 Å². The summed E-state index contributed by atoms with van der Waals surface area (Å²) in [5, 5.41) is 0.673. The molecule has 0 fully saturated rings. The molecule has 0 spiro atoms. The number of halogens is 1. The summed E-state index contributed by atoms with van der Waals surface area (Å²) in [7, 11) is 0. The molecule has 2 N–H and O–H groups in total. The lowest BCUT2D eigenvalue weighted by molar-refractivity contribution is -0.119. The van der Waals surface area contributed by atoms with Crippen molar-refractivity contribution in [1.82, 2.24) is 0 Å². The summed E-state index contributed by atoms with van der Waals surface area (Å²) >= 11 is 5.84. The fraction of sp³-hybridized carbons (Fsp3) is 0.300. The monoisotopic (exact) mass is 195 g/mol. The number of carbonyl (C=O) groups excluding carboxylic acids is 1. The second-order valence-electron chi connectivity index (χ2n) is 3.34. The first kappa shape index (κ1) is 8.57. The number of amides is 1. The van der Waals surface area contributed by atoms with Crippen molar-refractivity contribution in [1.29, 1.82) is 0 Å². The number of hydrogen-bond donors (Lipinski definition) is 1. The van der Waals surface area contributed by atoms with Gasteiger partial charge in [-0.15, -0.1) is 0 Å². The van der Waals surface area contributed by atoms with Gasteiger partial charge in [-0.25, -0.2) is 0 Å². The first-order chi connectivity index (χ1) is 6.18. The average molecular weight is 196 g/mol. The van der Waals surface area contributed by atoms with E-state index in [4.69, 9.17) is 17.3 Å². The van der Waals surface area contributed by atoms with Crippen molar-refractivity contribution in [2.45, 2.75) is 18.8 Å². The van der Waals surface area contributed by atoms with Gasteiger partial charge in [0.05, 0.1) is 5.92 Å². The van der Waals surface area contributed by atoms with Crippen molar-refractivity contribution in [2.75, 3.05) is 0 Å². The van der Waals surface area contributed by atoms with Gasteiger partial charge >= 0.3 is 0 Å². The molecule has 1 atom stereocenters. The maximum Gasteiger partial charge on any atom is 0.224 e. The number of nitrogens with two attached hydrogens (primary N) is 1. The average Bonchev–Trinajstić information content (AvgIpc) is 2.46. The van der Waals surface area contributed by atoms with Crippen molar-refractivity contribution >= 4 is 17.5 Å².